The van der Waals surface area contributed by atoms with Gasteiger partial charge in [-0.3, -0.25) is 0 Å². The number of benzene rings is 2. The third-order valence-corrected chi connectivity index (χ3v) is 4.04. The SMILES string of the molecule is c1ccc(C2=NO[C@H](C3OCCO3)[C@H]2c2ccccc2)cc1. The summed E-state index contributed by atoms with van der Waals surface area (Å²) in [4.78, 5) is 5.71. The van der Waals surface area contributed by atoms with E-state index in [2.05, 4.69) is 29.4 Å². The van der Waals surface area contributed by atoms with Crippen molar-refractivity contribution >= 4 is 5.71 Å². The van der Waals surface area contributed by atoms with Crippen molar-refractivity contribution in [3.63, 3.8) is 0 Å². The van der Waals surface area contributed by atoms with Crippen molar-refractivity contribution in [1.82, 2.24) is 0 Å². The molecule has 4 rings (SSSR count). The highest BCUT2D eigenvalue weighted by Crippen LogP contribution is 2.36. The van der Waals surface area contributed by atoms with E-state index < -0.39 is 0 Å². The molecule has 1 saturated heterocycles. The predicted molar refractivity (Wildman–Crippen MR) is 82.7 cm³/mol. The van der Waals surface area contributed by atoms with Crippen LogP contribution in [0.4, 0.5) is 0 Å². The maximum atomic E-state index is 5.71. The third-order valence-electron chi connectivity index (χ3n) is 4.04. The molecule has 4 nitrogen and oxygen atoms in total. The number of ether oxygens (including phenoxy) is 2. The minimum atomic E-state index is -0.366. The summed E-state index contributed by atoms with van der Waals surface area (Å²) in [5.74, 6) is 0.00620. The molecule has 0 aliphatic carbocycles. The zero-order chi connectivity index (χ0) is 14.8. The quantitative estimate of drug-likeness (QED) is 0.874. The molecular weight excluding hydrogens is 278 g/mol. The Balaban J connectivity index is 1.72. The van der Waals surface area contributed by atoms with Gasteiger partial charge in [-0.15, -0.1) is 0 Å². The molecule has 2 heterocycles. The average molecular weight is 295 g/mol. The monoisotopic (exact) mass is 295 g/mol. The Morgan fingerprint density at radius 2 is 1.45 bits per heavy atom. The summed E-state index contributed by atoms with van der Waals surface area (Å²) in [5.41, 5.74) is 3.15. The second kappa shape index (κ2) is 5.91. The van der Waals surface area contributed by atoms with Gasteiger partial charge in [0.15, 0.2) is 12.4 Å². The van der Waals surface area contributed by atoms with Crippen LogP contribution >= 0.6 is 0 Å². The minimum absolute atomic E-state index is 0.00620. The van der Waals surface area contributed by atoms with Crippen molar-refractivity contribution in [3.05, 3.63) is 71.8 Å². The van der Waals surface area contributed by atoms with Gasteiger partial charge in [0.2, 0.25) is 0 Å². The molecule has 0 amide bonds. The molecule has 0 unspecified atom stereocenters. The van der Waals surface area contributed by atoms with Crippen molar-refractivity contribution in [2.75, 3.05) is 13.2 Å². The lowest BCUT2D eigenvalue weighted by molar-refractivity contribution is -0.137. The lowest BCUT2D eigenvalue weighted by Gasteiger charge is -2.23. The van der Waals surface area contributed by atoms with Gasteiger partial charge in [0.05, 0.1) is 24.8 Å². The van der Waals surface area contributed by atoms with Gasteiger partial charge < -0.3 is 14.3 Å². The lowest BCUT2D eigenvalue weighted by Crippen LogP contribution is -2.34. The minimum Gasteiger partial charge on any atom is -0.386 e. The van der Waals surface area contributed by atoms with Crippen LogP contribution in [0.15, 0.2) is 65.8 Å². The predicted octanol–water partition coefficient (Wildman–Crippen LogP) is 2.95. The summed E-state index contributed by atoms with van der Waals surface area (Å²) in [7, 11) is 0. The van der Waals surface area contributed by atoms with Crippen LogP contribution in [0, 0.1) is 0 Å². The second-order valence-corrected chi connectivity index (χ2v) is 5.41. The third kappa shape index (κ3) is 2.40. The van der Waals surface area contributed by atoms with Crippen LogP contribution in [0.5, 0.6) is 0 Å². The molecule has 0 saturated carbocycles. The molecule has 22 heavy (non-hydrogen) atoms. The van der Waals surface area contributed by atoms with Crippen molar-refractivity contribution in [2.45, 2.75) is 18.3 Å². The van der Waals surface area contributed by atoms with Crippen LogP contribution in [0.3, 0.4) is 0 Å². The summed E-state index contributed by atoms with van der Waals surface area (Å²) < 4.78 is 11.3. The van der Waals surface area contributed by atoms with E-state index in [0.29, 0.717) is 13.2 Å². The molecule has 0 spiro atoms. The molecule has 2 aliphatic heterocycles. The highest BCUT2D eigenvalue weighted by Gasteiger charge is 2.43. The molecule has 0 aromatic heterocycles. The van der Waals surface area contributed by atoms with Gasteiger partial charge in [-0.2, -0.15) is 0 Å². The van der Waals surface area contributed by atoms with Crippen LogP contribution in [0.1, 0.15) is 17.0 Å². The van der Waals surface area contributed by atoms with Gasteiger partial charge in [-0.1, -0.05) is 65.8 Å². The summed E-state index contributed by atoms with van der Waals surface area (Å²) in [6, 6.07) is 20.4. The Morgan fingerprint density at radius 3 is 2.14 bits per heavy atom. The highest BCUT2D eigenvalue weighted by molar-refractivity contribution is 6.06. The fourth-order valence-corrected chi connectivity index (χ4v) is 3.01. The molecule has 1 fully saturated rings. The molecular formula is C18H17NO3. The van der Waals surface area contributed by atoms with Crippen LogP contribution in [0.2, 0.25) is 0 Å². The van der Waals surface area contributed by atoms with Crippen molar-refractivity contribution in [3.8, 4) is 0 Å². The summed E-state index contributed by atoms with van der Waals surface area (Å²) in [5, 5.41) is 4.35. The molecule has 0 bridgehead atoms. The Hall–Kier alpha value is -2.17. The second-order valence-electron chi connectivity index (χ2n) is 5.41. The molecule has 112 valence electrons. The first-order chi connectivity index (χ1) is 10.9. The fourth-order valence-electron chi connectivity index (χ4n) is 3.01. The number of nitrogens with zero attached hydrogens (tertiary/aromatic N) is 1. The van der Waals surface area contributed by atoms with E-state index in [1.165, 1.54) is 0 Å². The van der Waals surface area contributed by atoms with Crippen LogP contribution in [-0.4, -0.2) is 31.3 Å². The maximum Gasteiger partial charge on any atom is 0.198 e. The van der Waals surface area contributed by atoms with Gasteiger partial charge >= 0.3 is 0 Å². The Kier molecular flexibility index (Phi) is 3.62. The zero-order valence-corrected chi connectivity index (χ0v) is 12.1. The zero-order valence-electron chi connectivity index (χ0n) is 12.1. The van der Waals surface area contributed by atoms with Gasteiger partial charge in [-0.05, 0) is 5.56 Å². The van der Waals surface area contributed by atoms with Crippen molar-refractivity contribution < 1.29 is 14.3 Å². The van der Waals surface area contributed by atoms with E-state index in [1.807, 2.05) is 36.4 Å². The normalized spacial score (nSPS) is 25.0. The van der Waals surface area contributed by atoms with E-state index in [-0.39, 0.29) is 18.3 Å². The smallest absolute Gasteiger partial charge is 0.198 e. The van der Waals surface area contributed by atoms with E-state index in [9.17, 15) is 0 Å². The van der Waals surface area contributed by atoms with Gasteiger partial charge in [0.25, 0.3) is 0 Å². The van der Waals surface area contributed by atoms with E-state index in [4.69, 9.17) is 14.3 Å². The maximum absolute atomic E-state index is 5.71. The number of hydrogen-bond acceptors (Lipinski definition) is 4. The molecule has 4 heteroatoms. The van der Waals surface area contributed by atoms with E-state index in [1.54, 1.807) is 0 Å². The fraction of sp³-hybridized carbons (Fsp3) is 0.278. The first-order valence-electron chi connectivity index (χ1n) is 7.51. The topological polar surface area (TPSA) is 40.0 Å². The average Bonchev–Trinajstić information content (AvgIpc) is 3.25. The van der Waals surface area contributed by atoms with Gasteiger partial charge in [-0.25, -0.2) is 0 Å². The summed E-state index contributed by atoms with van der Waals surface area (Å²) in [6.45, 7) is 1.21. The van der Waals surface area contributed by atoms with E-state index in [0.717, 1.165) is 16.8 Å². The molecule has 2 aliphatic rings. The van der Waals surface area contributed by atoms with Gasteiger partial charge in [0, 0.05) is 5.56 Å². The number of oxime groups is 1. The van der Waals surface area contributed by atoms with Crippen molar-refractivity contribution in [1.29, 1.82) is 0 Å². The lowest BCUT2D eigenvalue weighted by atomic mass is 9.86. The Morgan fingerprint density at radius 1 is 0.818 bits per heavy atom. The summed E-state index contributed by atoms with van der Waals surface area (Å²) in [6.07, 6.45) is -0.615. The van der Waals surface area contributed by atoms with Crippen LogP contribution in [0.25, 0.3) is 0 Å². The first kappa shape index (κ1) is 13.5. The molecule has 2 aromatic rings. The largest absolute Gasteiger partial charge is 0.386 e. The molecule has 0 radical (unpaired) electrons. The molecule has 2 aromatic carbocycles. The first-order valence-corrected chi connectivity index (χ1v) is 7.51. The standard InChI is InChI=1S/C18H17NO3/c1-3-7-13(8-4-1)15-16(14-9-5-2-6-10-14)19-22-17(15)18-20-11-12-21-18/h1-10,15,17-18H,11-12H2/t15-,17-/m0/s1. The Bertz CT molecular complexity index is 651. The number of hydrogen-bond donors (Lipinski definition) is 0. The van der Waals surface area contributed by atoms with Gasteiger partial charge in [0.1, 0.15) is 0 Å². The number of rotatable bonds is 3. The molecule has 2 atom stereocenters. The Labute approximate surface area is 129 Å². The van der Waals surface area contributed by atoms with Crippen molar-refractivity contribution in [2.24, 2.45) is 5.16 Å². The summed E-state index contributed by atoms with van der Waals surface area (Å²) >= 11 is 0. The van der Waals surface area contributed by atoms with Crippen LogP contribution in [-0.2, 0) is 14.3 Å². The molecule has 0 N–H and O–H groups in total. The highest BCUT2D eigenvalue weighted by atomic mass is 16.8. The van der Waals surface area contributed by atoms with E-state index >= 15 is 0 Å². The van der Waals surface area contributed by atoms with Crippen LogP contribution < -0.4 is 0 Å².